The zero-order valence-corrected chi connectivity index (χ0v) is 21.6. The number of fused-ring (bicyclic) bond motifs is 2. The minimum atomic E-state index is -0.561. The maximum absolute atomic E-state index is 13.4. The van der Waals surface area contributed by atoms with Gasteiger partial charge >= 0.3 is 0 Å². The van der Waals surface area contributed by atoms with E-state index >= 15 is 0 Å². The Morgan fingerprint density at radius 3 is 2.62 bits per heavy atom. The molecule has 0 fully saturated rings. The van der Waals surface area contributed by atoms with Crippen LogP contribution in [0.15, 0.2) is 48.5 Å². The molecule has 1 N–H and O–H groups in total. The minimum absolute atomic E-state index is 0.0550. The highest BCUT2D eigenvalue weighted by molar-refractivity contribution is 6.31. The van der Waals surface area contributed by atoms with Crippen molar-refractivity contribution in [1.29, 1.82) is 0 Å². The highest BCUT2D eigenvalue weighted by Crippen LogP contribution is 2.42. The van der Waals surface area contributed by atoms with E-state index in [-0.39, 0.29) is 18.2 Å². The maximum Gasteiger partial charge on any atom is 0.232 e. The van der Waals surface area contributed by atoms with Crippen LogP contribution in [0.25, 0.3) is 11.1 Å². The summed E-state index contributed by atoms with van der Waals surface area (Å²) in [5.41, 5.74) is 3.89. The molecule has 0 saturated carbocycles. The van der Waals surface area contributed by atoms with E-state index in [4.69, 9.17) is 30.5 Å². The summed E-state index contributed by atoms with van der Waals surface area (Å²) < 4.78 is 22.5. The average molecular weight is 523 g/mol. The third kappa shape index (κ3) is 4.76. The molecule has 0 aliphatic carbocycles. The molecule has 0 unspecified atom stereocenters. The molecule has 1 atom stereocenters. The van der Waals surface area contributed by atoms with Crippen molar-refractivity contribution >= 4 is 29.1 Å². The summed E-state index contributed by atoms with van der Waals surface area (Å²) in [6.45, 7) is 1.00. The van der Waals surface area contributed by atoms with E-state index in [2.05, 4.69) is 5.32 Å². The van der Waals surface area contributed by atoms with Crippen molar-refractivity contribution in [2.75, 3.05) is 39.8 Å². The van der Waals surface area contributed by atoms with Crippen LogP contribution < -0.4 is 24.3 Å². The van der Waals surface area contributed by atoms with Gasteiger partial charge in [-0.1, -0.05) is 17.7 Å². The summed E-state index contributed by atoms with van der Waals surface area (Å²) in [7, 11) is 4.75. The lowest BCUT2D eigenvalue weighted by Crippen LogP contribution is -2.34. The molecule has 0 spiro atoms. The molecule has 2 aliphatic rings. The number of benzene rings is 3. The second-order valence-corrected chi connectivity index (χ2v) is 9.31. The van der Waals surface area contributed by atoms with Crippen LogP contribution in [0.4, 0.5) is 5.69 Å². The van der Waals surface area contributed by atoms with Crippen LogP contribution in [0.5, 0.6) is 23.0 Å². The lowest BCUT2D eigenvalue weighted by Gasteiger charge is -2.22. The molecule has 2 heterocycles. The molecule has 37 heavy (non-hydrogen) atoms. The number of methoxy groups -OCH3 is 3. The molecular weight excluding hydrogens is 496 g/mol. The van der Waals surface area contributed by atoms with Crippen molar-refractivity contribution in [3.8, 4) is 34.1 Å². The van der Waals surface area contributed by atoms with Crippen LogP contribution in [0, 0.1) is 0 Å². The Bertz CT molecular complexity index is 1380. The van der Waals surface area contributed by atoms with Gasteiger partial charge in [-0.2, -0.15) is 0 Å². The van der Waals surface area contributed by atoms with Gasteiger partial charge in [-0.25, -0.2) is 0 Å². The predicted octanol–water partition coefficient (Wildman–Crippen LogP) is 4.88. The fraction of sp³-hybridized carbons (Fsp3) is 0.286. The number of carbonyl (C=O) groups excluding carboxylic acids is 2. The highest BCUT2D eigenvalue weighted by Gasteiger charge is 2.34. The van der Waals surface area contributed by atoms with Crippen LogP contribution in [0.3, 0.4) is 0 Å². The Hall–Kier alpha value is -3.91. The van der Waals surface area contributed by atoms with Gasteiger partial charge in [0.15, 0.2) is 11.5 Å². The molecule has 2 aliphatic heterocycles. The lowest BCUT2D eigenvalue weighted by molar-refractivity contribution is -0.134. The average Bonchev–Trinajstić information content (AvgIpc) is 3.06. The number of hydrogen-bond donors (Lipinski definition) is 1. The Morgan fingerprint density at radius 1 is 1.05 bits per heavy atom. The van der Waals surface area contributed by atoms with E-state index in [1.165, 1.54) is 0 Å². The summed E-state index contributed by atoms with van der Waals surface area (Å²) >= 11 is 6.27. The summed E-state index contributed by atoms with van der Waals surface area (Å²) in [5.74, 6) is 1.57. The Kier molecular flexibility index (Phi) is 6.84. The van der Waals surface area contributed by atoms with Gasteiger partial charge in [-0.15, -0.1) is 0 Å². The molecule has 9 heteroatoms. The first kappa shape index (κ1) is 24.8. The van der Waals surface area contributed by atoms with E-state index in [1.807, 2.05) is 30.3 Å². The number of anilines is 1. The zero-order valence-electron chi connectivity index (χ0n) is 20.8. The third-order valence-corrected chi connectivity index (χ3v) is 6.97. The molecule has 8 nitrogen and oxygen atoms in total. The lowest BCUT2D eigenvalue weighted by atomic mass is 9.96. The first-order chi connectivity index (χ1) is 17.9. The molecule has 0 aromatic heterocycles. The van der Waals surface area contributed by atoms with Gasteiger partial charge in [0.2, 0.25) is 11.8 Å². The summed E-state index contributed by atoms with van der Waals surface area (Å²) in [4.78, 5) is 27.9. The normalized spacial score (nSPS) is 16.2. The number of amides is 2. The molecule has 0 radical (unpaired) electrons. The number of halogens is 1. The fourth-order valence-corrected chi connectivity index (χ4v) is 5.02. The van der Waals surface area contributed by atoms with Crippen LogP contribution in [-0.4, -0.2) is 51.2 Å². The van der Waals surface area contributed by atoms with Crippen LogP contribution in [-0.2, 0) is 16.1 Å². The van der Waals surface area contributed by atoms with E-state index < -0.39 is 5.92 Å². The number of nitrogens with zero attached hydrogens (tertiary/aromatic N) is 1. The van der Waals surface area contributed by atoms with Gasteiger partial charge in [-0.05, 0) is 47.5 Å². The molecule has 192 valence electrons. The summed E-state index contributed by atoms with van der Waals surface area (Å²) in [5, 5.41) is 3.44. The maximum atomic E-state index is 13.4. The standard InChI is InChI=1S/C28H27ClN2O6/c1-34-19-5-6-20-22(28(33)30-23(20)13-19)14-26(32)31-8-9-37-27-17(15-31)10-16(11-25(27)36-3)21-12-18(29)4-7-24(21)35-2/h4-7,10-13,22H,8-9,14-15H2,1-3H3,(H,30,33)/t22-/m1/s1. The van der Waals surface area contributed by atoms with Crippen molar-refractivity contribution in [3.05, 3.63) is 64.7 Å². The van der Waals surface area contributed by atoms with Crippen LogP contribution in [0.1, 0.15) is 23.5 Å². The topological polar surface area (TPSA) is 86.3 Å². The van der Waals surface area contributed by atoms with E-state index in [1.54, 1.807) is 44.4 Å². The highest BCUT2D eigenvalue weighted by atomic mass is 35.5. The molecule has 0 saturated heterocycles. The molecule has 5 rings (SSSR count). The smallest absolute Gasteiger partial charge is 0.232 e. The molecule has 3 aromatic carbocycles. The second kappa shape index (κ2) is 10.2. The molecular formula is C28H27ClN2O6. The van der Waals surface area contributed by atoms with Crippen molar-refractivity contribution in [2.45, 2.75) is 18.9 Å². The third-order valence-electron chi connectivity index (χ3n) is 6.73. The van der Waals surface area contributed by atoms with Gasteiger partial charge in [0.05, 0.1) is 33.8 Å². The molecule has 0 bridgehead atoms. The number of carbonyl (C=O) groups is 2. The van der Waals surface area contributed by atoms with Crippen LogP contribution in [0.2, 0.25) is 5.02 Å². The van der Waals surface area contributed by atoms with Crippen molar-refractivity contribution in [1.82, 2.24) is 4.90 Å². The van der Waals surface area contributed by atoms with E-state index in [9.17, 15) is 9.59 Å². The van der Waals surface area contributed by atoms with Gasteiger partial charge in [0.1, 0.15) is 18.1 Å². The summed E-state index contributed by atoms with van der Waals surface area (Å²) in [6.07, 6.45) is 0.0550. The minimum Gasteiger partial charge on any atom is -0.497 e. The van der Waals surface area contributed by atoms with Gasteiger partial charge in [0.25, 0.3) is 0 Å². The van der Waals surface area contributed by atoms with Crippen LogP contribution >= 0.6 is 11.6 Å². The first-order valence-electron chi connectivity index (χ1n) is 11.9. The summed E-state index contributed by atoms with van der Waals surface area (Å²) in [6, 6.07) is 14.6. The SMILES string of the molecule is COc1ccc2c(c1)NC(=O)[C@@H]2CC(=O)N1CCOc2c(cc(-c3cc(Cl)ccc3OC)cc2OC)C1. The van der Waals surface area contributed by atoms with Crippen molar-refractivity contribution in [2.24, 2.45) is 0 Å². The van der Waals surface area contributed by atoms with Gasteiger partial charge in [0, 0.05) is 40.9 Å². The van der Waals surface area contributed by atoms with Gasteiger partial charge < -0.3 is 29.2 Å². The van der Waals surface area contributed by atoms with E-state index in [0.29, 0.717) is 53.4 Å². The second-order valence-electron chi connectivity index (χ2n) is 8.87. The zero-order chi connectivity index (χ0) is 26.1. The number of hydrogen-bond acceptors (Lipinski definition) is 6. The quantitative estimate of drug-likeness (QED) is 0.496. The largest absolute Gasteiger partial charge is 0.497 e. The first-order valence-corrected chi connectivity index (χ1v) is 12.2. The van der Waals surface area contributed by atoms with Crippen molar-refractivity contribution < 1.29 is 28.5 Å². The van der Waals surface area contributed by atoms with E-state index in [0.717, 1.165) is 22.3 Å². The Balaban J connectivity index is 1.43. The predicted molar refractivity (Wildman–Crippen MR) is 140 cm³/mol. The number of nitrogens with one attached hydrogen (secondary N) is 1. The number of ether oxygens (including phenoxy) is 4. The number of rotatable bonds is 6. The fourth-order valence-electron chi connectivity index (χ4n) is 4.85. The molecule has 3 aromatic rings. The monoisotopic (exact) mass is 522 g/mol. The van der Waals surface area contributed by atoms with Gasteiger partial charge in [-0.3, -0.25) is 9.59 Å². The van der Waals surface area contributed by atoms with Crippen molar-refractivity contribution in [3.63, 3.8) is 0 Å². The Morgan fingerprint density at radius 2 is 1.86 bits per heavy atom. The Labute approximate surface area is 220 Å². The molecule has 2 amide bonds.